The number of anilines is 3. The lowest BCUT2D eigenvalue weighted by Gasteiger charge is -2.34. The molecular weight excluding hydrogens is 752 g/mol. The van der Waals surface area contributed by atoms with Gasteiger partial charge in [-0.1, -0.05) is 18.2 Å². The molecule has 0 spiro atoms. The second kappa shape index (κ2) is 14.7. The van der Waals surface area contributed by atoms with Gasteiger partial charge in [0.05, 0.1) is 36.9 Å². The molecule has 0 aromatic carbocycles. The molecule has 0 saturated carbocycles. The van der Waals surface area contributed by atoms with E-state index in [-0.39, 0.29) is 78.2 Å². The first-order chi connectivity index (χ1) is 27.2. The summed E-state index contributed by atoms with van der Waals surface area (Å²) in [6, 6.07) is 3.79. The van der Waals surface area contributed by atoms with Gasteiger partial charge in [-0.3, -0.25) is 4.90 Å². The van der Waals surface area contributed by atoms with Gasteiger partial charge in [0.1, 0.15) is 59.6 Å². The van der Waals surface area contributed by atoms with Crippen LogP contribution in [0.4, 0.5) is 39.8 Å². The average molecular weight is 795 g/mol. The van der Waals surface area contributed by atoms with Crippen molar-refractivity contribution in [3.05, 3.63) is 59.1 Å². The smallest absolute Gasteiger partial charge is 0.418 e. The van der Waals surface area contributed by atoms with Crippen LogP contribution in [0.15, 0.2) is 36.5 Å². The van der Waals surface area contributed by atoms with Crippen molar-refractivity contribution < 1.29 is 41.3 Å². The number of nitrogen functional groups attached to an aromatic ring is 2. The zero-order valence-electron chi connectivity index (χ0n) is 31.4. The van der Waals surface area contributed by atoms with Gasteiger partial charge in [0.15, 0.2) is 5.82 Å². The molecule has 4 aliphatic heterocycles. The fraction of sp³-hybridized carbons (Fsp3) is 0.474. The number of ether oxygens (including phenoxy) is 4. The van der Waals surface area contributed by atoms with E-state index in [1.807, 2.05) is 11.8 Å². The number of amides is 1. The number of alkyl halides is 3. The Morgan fingerprint density at radius 3 is 2.67 bits per heavy atom. The van der Waals surface area contributed by atoms with Crippen LogP contribution in [-0.4, -0.2) is 112 Å². The summed E-state index contributed by atoms with van der Waals surface area (Å²) >= 11 is 0. The standard InChI is InChI=1S/C38H42F4N10O5/c1-20-16-37(7-6-23(52(37)17-20)18-56-36(53)50-9-12-54-13-10-50)19-57-35-48-29-26-33(49-35)51(22(3)24-5-4-8-45-32(24)44)11-14-55-34(26)47-31(28(29)39)30-27(38(40,41)42)21(2)15-25(43)46-30/h4-5,8,15,22-23H,1,6-7,9-14,16-19H2,2-3H3,(H2,43,46)(H2,44,45). The number of carbonyl (C=O) groups is 1. The molecule has 1 amide bonds. The lowest BCUT2D eigenvalue weighted by molar-refractivity contribution is -0.137. The highest BCUT2D eigenvalue weighted by Crippen LogP contribution is 2.47. The Balaban J connectivity index is 1.19. The van der Waals surface area contributed by atoms with E-state index in [4.69, 9.17) is 35.4 Å². The molecule has 3 fully saturated rings. The van der Waals surface area contributed by atoms with Crippen molar-refractivity contribution in [1.29, 1.82) is 0 Å². The number of nitrogens with zero attached hydrogens (tertiary/aromatic N) is 8. The molecule has 19 heteroatoms. The second-order valence-electron chi connectivity index (χ2n) is 14.9. The number of pyridine rings is 3. The molecule has 0 aliphatic carbocycles. The highest BCUT2D eigenvalue weighted by Gasteiger charge is 2.52. The summed E-state index contributed by atoms with van der Waals surface area (Å²) in [6.45, 7) is 10.2. The van der Waals surface area contributed by atoms with Crippen molar-refractivity contribution in [1.82, 2.24) is 34.7 Å². The van der Waals surface area contributed by atoms with Gasteiger partial charge in [0.25, 0.3) is 0 Å². The molecule has 8 heterocycles. The number of halogens is 4. The van der Waals surface area contributed by atoms with Gasteiger partial charge in [0, 0.05) is 37.4 Å². The number of hydrogen-bond acceptors (Lipinski definition) is 14. The molecule has 3 atom stereocenters. The summed E-state index contributed by atoms with van der Waals surface area (Å²) in [5.74, 6) is -1.19. The maximum absolute atomic E-state index is 17.0. The molecule has 8 rings (SSSR count). The minimum atomic E-state index is -4.92. The van der Waals surface area contributed by atoms with E-state index in [1.165, 1.54) is 6.92 Å². The Labute approximate surface area is 325 Å². The predicted octanol–water partition coefficient (Wildman–Crippen LogP) is 5.08. The zero-order valence-corrected chi connectivity index (χ0v) is 31.4. The van der Waals surface area contributed by atoms with Crippen LogP contribution < -0.4 is 25.8 Å². The Morgan fingerprint density at radius 1 is 1.12 bits per heavy atom. The van der Waals surface area contributed by atoms with Crippen LogP contribution in [-0.2, 0) is 15.7 Å². The van der Waals surface area contributed by atoms with Crippen molar-refractivity contribution in [2.24, 2.45) is 0 Å². The molecule has 4 N–H and O–H groups in total. The van der Waals surface area contributed by atoms with Crippen molar-refractivity contribution in [3.63, 3.8) is 0 Å². The number of nitrogens with two attached hydrogens (primary N) is 2. The summed E-state index contributed by atoms with van der Waals surface area (Å²) in [7, 11) is 0. The topological polar surface area (TPSA) is 180 Å². The third kappa shape index (κ3) is 7.06. The molecule has 4 aromatic heterocycles. The van der Waals surface area contributed by atoms with E-state index in [0.29, 0.717) is 57.7 Å². The largest absolute Gasteiger partial charge is 0.475 e. The van der Waals surface area contributed by atoms with Gasteiger partial charge in [-0.25, -0.2) is 24.1 Å². The van der Waals surface area contributed by atoms with Crippen molar-refractivity contribution >= 4 is 34.4 Å². The summed E-state index contributed by atoms with van der Waals surface area (Å²) in [5, 5.41) is 0.0293. The summed E-state index contributed by atoms with van der Waals surface area (Å²) in [5.41, 5.74) is 9.88. The number of carbonyl (C=O) groups excluding carboxylic acids is 1. The molecule has 0 bridgehead atoms. The summed E-state index contributed by atoms with van der Waals surface area (Å²) in [4.78, 5) is 40.2. The van der Waals surface area contributed by atoms with Gasteiger partial charge in [-0.2, -0.15) is 23.1 Å². The zero-order chi connectivity index (χ0) is 40.2. The van der Waals surface area contributed by atoms with E-state index in [0.717, 1.165) is 11.6 Å². The average Bonchev–Trinajstić information content (AvgIpc) is 3.60. The Hall–Kier alpha value is -5.56. The van der Waals surface area contributed by atoms with Gasteiger partial charge in [-0.05, 0) is 50.8 Å². The molecule has 302 valence electrons. The minimum Gasteiger partial charge on any atom is -0.475 e. The van der Waals surface area contributed by atoms with Gasteiger partial charge >= 0.3 is 18.3 Å². The molecule has 15 nitrogen and oxygen atoms in total. The SMILES string of the molecule is C=C1CN2C(COC(=O)N3CCOCC3)CCC2(COc2nc3c4c(nc(-c5nc(N)cc(C)c5C(F)(F)F)c(F)c4n2)OCCN3C(C)c2cccnc2N)C1. The van der Waals surface area contributed by atoms with Crippen molar-refractivity contribution in [2.45, 2.75) is 56.9 Å². The van der Waals surface area contributed by atoms with Gasteiger partial charge in [0.2, 0.25) is 5.88 Å². The first-order valence-corrected chi connectivity index (χ1v) is 18.7. The number of morpholine rings is 1. The minimum absolute atomic E-state index is 0.00255. The maximum atomic E-state index is 17.0. The lowest BCUT2D eigenvalue weighted by Crippen LogP contribution is -2.48. The molecule has 0 radical (unpaired) electrons. The van der Waals surface area contributed by atoms with E-state index in [1.54, 1.807) is 23.2 Å². The molecule has 4 aromatic rings. The fourth-order valence-corrected chi connectivity index (χ4v) is 8.49. The second-order valence-corrected chi connectivity index (χ2v) is 14.9. The van der Waals surface area contributed by atoms with Gasteiger partial charge < -0.3 is 40.2 Å². The Kier molecular flexibility index (Phi) is 9.91. The van der Waals surface area contributed by atoms with Crippen molar-refractivity contribution in [2.75, 3.05) is 75.6 Å². The van der Waals surface area contributed by atoms with Crippen LogP contribution in [0, 0.1) is 12.7 Å². The molecule has 3 unspecified atom stereocenters. The Morgan fingerprint density at radius 2 is 1.91 bits per heavy atom. The predicted molar refractivity (Wildman–Crippen MR) is 200 cm³/mol. The van der Waals surface area contributed by atoms with E-state index in [9.17, 15) is 18.0 Å². The number of fused-ring (bicyclic) bond motifs is 1. The third-order valence-corrected chi connectivity index (χ3v) is 11.2. The summed E-state index contributed by atoms with van der Waals surface area (Å²) in [6.07, 6.45) is -1.77. The highest BCUT2D eigenvalue weighted by atomic mass is 19.4. The van der Waals surface area contributed by atoms with Crippen LogP contribution in [0.2, 0.25) is 0 Å². The van der Waals surface area contributed by atoms with Crippen LogP contribution in [0.5, 0.6) is 11.9 Å². The molecule has 3 saturated heterocycles. The molecule has 57 heavy (non-hydrogen) atoms. The molecular formula is C38H42F4N10O5. The van der Waals surface area contributed by atoms with E-state index < -0.39 is 46.6 Å². The number of aryl methyl sites for hydroxylation is 1. The number of rotatable bonds is 8. The lowest BCUT2D eigenvalue weighted by atomic mass is 9.94. The van der Waals surface area contributed by atoms with E-state index in [2.05, 4.69) is 31.4 Å². The normalized spacial score (nSPS) is 21.6. The monoisotopic (exact) mass is 794 g/mol. The van der Waals surface area contributed by atoms with Crippen LogP contribution in [0.1, 0.15) is 48.9 Å². The first-order valence-electron chi connectivity index (χ1n) is 18.7. The maximum Gasteiger partial charge on any atom is 0.418 e. The number of aromatic nitrogens is 5. The van der Waals surface area contributed by atoms with Crippen LogP contribution >= 0.6 is 0 Å². The molecule has 4 aliphatic rings. The van der Waals surface area contributed by atoms with Crippen molar-refractivity contribution in [3.8, 4) is 23.3 Å². The van der Waals surface area contributed by atoms with Crippen LogP contribution in [0.3, 0.4) is 0 Å². The number of hydrogen-bond donors (Lipinski definition) is 2. The quantitative estimate of drug-likeness (QED) is 0.178. The summed E-state index contributed by atoms with van der Waals surface area (Å²) < 4.78 is 84.1. The highest BCUT2D eigenvalue weighted by molar-refractivity contribution is 5.97. The Bertz CT molecular complexity index is 2240. The van der Waals surface area contributed by atoms with Crippen LogP contribution in [0.25, 0.3) is 22.3 Å². The van der Waals surface area contributed by atoms with Gasteiger partial charge in [-0.15, -0.1) is 0 Å². The third-order valence-electron chi connectivity index (χ3n) is 11.2. The fourth-order valence-electron chi connectivity index (χ4n) is 8.49. The first kappa shape index (κ1) is 38.3. The van der Waals surface area contributed by atoms with E-state index >= 15 is 4.39 Å².